The smallest absolute Gasteiger partial charge is 0.128 e. The van der Waals surface area contributed by atoms with Crippen LogP contribution in [-0.4, -0.2) is 38.8 Å². The van der Waals surface area contributed by atoms with Crippen LogP contribution in [0.25, 0.3) is 22.2 Å². The fraction of sp³-hybridized carbons (Fsp3) is 0.400. The molecular weight excluding hydrogens is 374 g/mol. The summed E-state index contributed by atoms with van der Waals surface area (Å²) in [6.45, 7) is 3.30. The molecule has 0 saturated carbocycles. The lowest BCUT2D eigenvalue weighted by molar-refractivity contribution is 0.353. The third-order valence-corrected chi connectivity index (χ3v) is 5.90. The predicted molar refractivity (Wildman–Crippen MR) is 124 cm³/mol. The monoisotopic (exact) mass is 405 g/mol. The minimum absolute atomic E-state index is 0.786. The number of piperidine rings is 1. The highest BCUT2D eigenvalue weighted by molar-refractivity contribution is 5.94. The number of aromatic nitrogens is 1. The Morgan fingerprint density at radius 3 is 2.80 bits per heavy atom. The number of benzene rings is 2. The average molecular weight is 406 g/mol. The summed E-state index contributed by atoms with van der Waals surface area (Å²) in [6, 6.07) is 16.2. The van der Waals surface area contributed by atoms with Gasteiger partial charge in [-0.3, -0.25) is 0 Å². The lowest BCUT2D eigenvalue weighted by Crippen LogP contribution is -2.29. The van der Waals surface area contributed by atoms with E-state index in [4.69, 9.17) is 14.5 Å². The second-order valence-corrected chi connectivity index (χ2v) is 7.92. The highest BCUT2D eigenvalue weighted by Gasteiger charge is 2.14. The molecule has 1 unspecified atom stereocenters. The molecule has 30 heavy (non-hydrogen) atoms. The molecule has 0 amide bonds. The van der Waals surface area contributed by atoms with Crippen LogP contribution in [0.4, 0.5) is 5.69 Å². The van der Waals surface area contributed by atoms with Gasteiger partial charge in [0.2, 0.25) is 0 Å². The first-order chi connectivity index (χ1) is 14.8. The molecule has 158 valence electrons. The third-order valence-electron chi connectivity index (χ3n) is 5.90. The number of methoxy groups -OCH3 is 2. The third kappa shape index (κ3) is 4.68. The van der Waals surface area contributed by atoms with Gasteiger partial charge in [0, 0.05) is 23.2 Å². The topological polar surface area (TPSA) is 55.4 Å². The number of fused-ring (bicyclic) bond motifs is 1. The van der Waals surface area contributed by atoms with Crippen molar-refractivity contribution in [1.29, 1.82) is 0 Å². The van der Waals surface area contributed by atoms with Gasteiger partial charge in [0.25, 0.3) is 0 Å². The van der Waals surface area contributed by atoms with Crippen molar-refractivity contribution in [2.24, 2.45) is 5.92 Å². The summed E-state index contributed by atoms with van der Waals surface area (Å²) in [6.07, 6.45) is 5.09. The maximum absolute atomic E-state index is 5.59. The molecular formula is C25H31N3O2. The molecule has 1 aliphatic rings. The first kappa shape index (κ1) is 20.5. The lowest BCUT2D eigenvalue weighted by Gasteiger charge is -2.22. The van der Waals surface area contributed by atoms with Gasteiger partial charge in [0.15, 0.2) is 0 Å². The number of nitrogens with zero attached hydrogens (tertiary/aromatic N) is 1. The van der Waals surface area contributed by atoms with Gasteiger partial charge in [-0.2, -0.15) is 0 Å². The fourth-order valence-electron chi connectivity index (χ4n) is 4.26. The van der Waals surface area contributed by atoms with Gasteiger partial charge in [-0.25, -0.2) is 4.98 Å². The maximum atomic E-state index is 5.59. The molecule has 0 aliphatic carbocycles. The van der Waals surface area contributed by atoms with E-state index < -0.39 is 0 Å². The van der Waals surface area contributed by atoms with E-state index in [1.807, 2.05) is 24.3 Å². The molecule has 4 rings (SSSR count). The SMILES string of the molecule is COc1ccc(OC)c(-c2cc(NCCCC3CCCNC3)c3ccccc3n2)c1. The van der Waals surface area contributed by atoms with E-state index in [-0.39, 0.29) is 0 Å². The summed E-state index contributed by atoms with van der Waals surface area (Å²) in [5.41, 5.74) is 3.89. The zero-order valence-electron chi connectivity index (χ0n) is 17.9. The van der Waals surface area contributed by atoms with Gasteiger partial charge in [-0.15, -0.1) is 0 Å². The molecule has 0 radical (unpaired) electrons. The van der Waals surface area contributed by atoms with Crippen LogP contribution in [0.1, 0.15) is 25.7 Å². The number of anilines is 1. The number of pyridine rings is 1. The Morgan fingerprint density at radius 1 is 1.10 bits per heavy atom. The van der Waals surface area contributed by atoms with Gasteiger partial charge in [-0.05, 0) is 75.0 Å². The van der Waals surface area contributed by atoms with Crippen LogP contribution >= 0.6 is 0 Å². The van der Waals surface area contributed by atoms with Crippen LogP contribution in [0.15, 0.2) is 48.5 Å². The number of rotatable bonds is 8. The summed E-state index contributed by atoms with van der Waals surface area (Å²) < 4.78 is 11.0. The molecule has 1 atom stereocenters. The predicted octanol–water partition coefficient (Wildman–Crippen LogP) is 5.11. The zero-order valence-corrected chi connectivity index (χ0v) is 17.9. The number of para-hydroxylation sites is 1. The van der Waals surface area contributed by atoms with Crippen molar-refractivity contribution in [2.75, 3.05) is 39.2 Å². The van der Waals surface area contributed by atoms with Crippen molar-refractivity contribution in [3.05, 3.63) is 48.5 Å². The molecule has 2 heterocycles. The largest absolute Gasteiger partial charge is 0.497 e. The van der Waals surface area contributed by atoms with Gasteiger partial charge in [0.1, 0.15) is 11.5 Å². The molecule has 5 nitrogen and oxygen atoms in total. The van der Waals surface area contributed by atoms with Crippen LogP contribution in [-0.2, 0) is 0 Å². The van der Waals surface area contributed by atoms with Gasteiger partial charge < -0.3 is 20.1 Å². The summed E-state index contributed by atoms with van der Waals surface area (Å²) in [5, 5.41) is 8.32. The van der Waals surface area contributed by atoms with E-state index in [2.05, 4.69) is 34.9 Å². The highest BCUT2D eigenvalue weighted by Crippen LogP contribution is 2.35. The normalized spacial score (nSPS) is 16.4. The molecule has 0 spiro atoms. The Morgan fingerprint density at radius 2 is 2.00 bits per heavy atom. The Kier molecular flexibility index (Phi) is 6.70. The van der Waals surface area contributed by atoms with Crippen molar-refractivity contribution in [2.45, 2.75) is 25.7 Å². The number of hydrogen-bond acceptors (Lipinski definition) is 5. The Balaban J connectivity index is 1.58. The van der Waals surface area contributed by atoms with E-state index in [0.717, 1.165) is 58.4 Å². The molecule has 1 aliphatic heterocycles. The molecule has 2 aromatic carbocycles. The zero-order chi connectivity index (χ0) is 20.8. The van der Waals surface area contributed by atoms with Crippen LogP contribution in [0.3, 0.4) is 0 Å². The van der Waals surface area contributed by atoms with E-state index in [1.54, 1.807) is 14.2 Å². The van der Waals surface area contributed by atoms with Crippen molar-refractivity contribution in [3.63, 3.8) is 0 Å². The number of hydrogen-bond donors (Lipinski definition) is 2. The Hall–Kier alpha value is -2.79. The van der Waals surface area contributed by atoms with Crippen molar-refractivity contribution >= 4 is 16.6 Å². The molecule has 1 saturated heterocycles. The second-order valence-electron chi connectivity index (χ2n) is 7.92. The first-order valence-electron chi connectivity index (χ1n) is 10.9. The lowest BCUT2D eigenvalue weighted by atomic mass is 9.95. The molecule has 1 fully saturated rings. The summed E-state index contributed by atoms with van der Waals surface area (Å²) in [7, 11) is 3.36. The average Bonchev–Trinajstić information content (AvgIpc) is 2.81. The molecule has 2 N–H and O–H groups in total. The molecule has 3 aromatic rings. The van der Waals surface area contributed by atoms with Gasteiger partial charge in [0.05, 0.1) is 25.4 Å². The van der Waals surface area contributed by atoms with E-state index in [9.17, 15) is 0 Å². The van der Waals surface area contributed by atoms with Crippen LogP contribution < -0.4 is 20.1 Å². The number of ether oxygens (including phenoxy) is 2. The standard InChI is InChI=1S/C25H31N3O2/c1-29-19-11-12-25(30-2)21(15-19)24-16-23(20-9-3-4-10-22(20)28-24)27-14-6-8-18-7-5-13-26-17-18/h3-4,9-12,15-16,18,26H,5-8,13-14,17H2,1-2H3,(H,27,28). The Labute approximate surface area is 178 Å². The van der Waals surface area contributed by atoms with Gasteiger partial charge in [-0.1, -0.05) is 18.2 Å². The van der Waals surface area contributed by atoms with Crippen molar-refractivity contribution < 1.29 is 9.47 Å². The summed E-state index contributed by atoms with van der Waals surface area (Å²) >= 11 is 0. The molecule has 5 heteroatoms. The summed E-state index contributed by atoms with van der Waals surface area (Å²) in [4.78, 5) is 4.91. The summed E-state index contributed by atoms with van der Waals surface area (Å²) in [5.74, 6) is 2.39. The number of nitrogens with one attached hydrogen (secondary N) is 2. The first-order valence-corrected chi connectivity index (χ1v) is 10.9. The van der Waals surface area contributed by atoms with E-state index in [1.165, 1.54) is 32.2 Å². The molecule has 0 bridgehead atoms. The quantitative estimate of drug-likeness (QED) is 0.510. The van der Waals surface area contributed by atoms with Crippen molar-refractivity contribution in [1.82, 2.24) is 10.3 Å². The van der Waals surface area contributed by atoms with Gasteiger partial charge >= 0.3 is 0 Å². The van der Waals surface area contributed by atoms with Crippen LogP contribution in [0.5, 0.6) is 11.5 Å². The van der Waals surface area contributed by atoms with Crippen molar-refractivity contribution in [3.8, 4) is 22.8 Å². The second kappa shape index (κ2) is 9.81. The molecule has 1 aromatic heterocycles. The maximum Gasteiger partial charge on any atom is 0.128 e. The van der Waals surface area contributed by atoms with E-state index >= 15 is 0 Å². The van der Waals surface area contributed by atoms with Crippen LogP contribution in [0, 0.1) is 5.92 Å². The van der Waals surface area contributed by atoms with Crippen LogP contribution in [0.2, 0.25) is 0 Å². The highest BCUT2D eigenvalue weighted by atomic mass is 16.5. The minimum atomic E-state index is 0.786. The Bertz CT molecular complexity index is 983. The minimum Gasteiger partial charge on any atom is -0.497 e. The van der Waals surface area contributed by atoms with E-state index in [0.29, 0.717) is 0 Å². The fourth-order valence-corrected chi connectivity index (χ4v) is 4.26.